The van der Waals surface area contributed by atoms with Gasteiger partial charge in [-0.15, -0.1) is 0 Å². The van der Waals surface area contributed by atoms with Crippen molar-refractivity contribution in [3.05, 3.63) is 63.1 Å². The van der Waals surface area contributed by atoms with Gasteiger partial charge in [-0.25, -0.2) is 8.78 Å². The van der Waals surface area contributed by atoms with E-state index in [0.29, 0.717) is 5.84 Å². The van der Waals surface area contributed by atoms with E-state index < -0.39 is 45.3 Å². The molecule has 4 rings (SSSR count). The van der Waals surface area contributed by atoms with Gasteiger partial charge in [0.25, 0.3) is 5.60 Å². The van der Waals surface area contributed by atoms with Gasteiger partial charge in [-0.3, -0.25) is 4.98 Å². The number of halogens is 7. The van der Waals surface area contributed by atoms with Crippen LogP contribution in [0.15, 0.2) is 40.6 Å². The van der Waals surface area contributed by atoms with Crippen LogP contribution < -0.4 is 0 Å². The smallest absolute Gasteiger partial charge is 0.374 e. The van der Waals surface area contributed by atoms with Crippen molar-refractivity contribution in [2.75, 3.05) is 13.1 Å². The summed E-state index contributed by atoms with van der Waals surface area (Å²) in [5, 5.41) is 11.3. The van der Waals surface area contributed by atoms with E-state index in [-0.39, 0.29) is 36.0 Å². The number of likely N-dealkylation sites (tertiary alicyclic amines) is 1. The average Bonchev–Trinajstić information content (AvgIpc) is 3.26. The summed E-state index contributed by atoms with van der Waals surface area (Å²) >= 11 is 11.4. The molecule has 0 radical (unpaired) electrons. The van der Waals surface area contributed by atoms with Gasteiger partial charge >= 0.3 is 6.18 Å². The fourth-order valence-electron chi connectivity index (χ4n) is 4.18. The molecule has 1 saturated heterocycles. The summed E-state index contributed by atoms with van der Waals surface area (Å²) < 4.78 is 71.7. The summed E-state index contributed by atoms with van der Waals surface area (Å²) in [6.07, 6.45) is -2.78. The van der Waals surface area contributed by atoms with Crippen molar-refractivity contribution in [3.8, 4) is 6.19 Å². The third-order valence-electron chi connectivity index (χ3n) is 6.08. The molecule has 13 heteroatoms. The Hall–Kier alpha value is -2.97. The van der Waals surface area contributed by atoms with Crippen molar-refractivity contribution in [1.29, 1.82) is 5.26 Å². The number of pyridine rings is 1. The lowest BCUT2D eigenvalue weighted by molar-refractivity contribution is -0.275. The molecule has 1 aromatic heterocycles. The van der Waals surface area contributed by atoms with Crippen LogP contribution in [-0.2, 0) is 16.1 Å². The molecular formula is C23H18Cl2F5N5O. The molecule has 190 valence electrons. The number of rotatable bonds is 4. The Labute approximate surface area is 213 Å². The van der Waals surface area contributed by atoms with Crippen LogP contribution in [-0.4, -0.2) is 40.7 Å². The maximum absolute atomic E-state index is 15.4. The Morgan fingerprint density at radius 2 is 1.86 bits per heavy atom. The summed E-state index contributed by atoms with van der Waals surface area (Å²) in [6, 6.07) is 4.36. The van der Waals surface area contributed by atoms with E-state index in [1.165, 1.54) is 18.3 Å². The fourth-order valence-corrected chi connectivity index (χ4v) is 4.66. The van der Waals surface area contributed by atoms with Crippen molar-refractivity contribution in [3.63, 3.8) is 0 Å². The van der Waals surface area contributed by atoms with Crippen LogP contribution in [0.4, 0.5) is 22.0 Å². The van der Waals surface area contributed by atoms with Gasteiger partial charge in [0.2, 0.25) is 6.19 Å². The normalized spacial score (nSPS) is 21.6. The first-order chi connectivity index (χ1) is 16.8. The van der Waals surface area contributed by atoms with Crippen LogP contribution >= 0.6 is 23.2 Å². The van der Waals surface area contributed by atoms with Gasteiger partial charge < -0.3 is 9.74 Å². The van der Waals surface area contributed by atoms with Gasteiger partial charge in [-0.2, -0.15) is 23.4 Å². The van der Waals surface area contributed by atoms with Gasteiger partial charge in [0, 0.05) is 23.2 Å². The molecule has 0 spiro atoms. The number of hydrogen-bond acceptors (Lipinski definition) is 5. The Bertz CT molecular complexity index is 1260. The highest BCUT2D eigenvalue weighted by molar-refractivity contribution is 6.35. The highest BCUT2D eigenvalue weighted by Gasteiger charge is 2.62. The van der Waals surface area contributed by atoms with Crippen molar-refractivity contribution >= 4 is 34.7 Å². The molecule has 0 N–H and O–H groups in total. The van der Waals surface area contributed by atoms with Gasteiger partial charge in [0.1, 0.15) is 5.84 Å². The monoisotopic (exact) mass is 545 g/mol. The number of hydrogen-bond donors (Lipinski definition) is 0. The minimum atomic E-state index is -4.95. The SMILES string of the molecule is CC(C)/C(=N\C#N)N1CC(F)(c2ccc(C3=NOC(c4cc(Cl)c(F)c(Cl)c4)(C(F)(F)F)C3)cn2)C1. The lowest BCUT2D eigenvalue weighted by Gasteiger charge is -2.46. The molecular weight excluding hydrogens is 528 g/mol. The predicted octanol–water partition coefficient (Wildman–Crippen LogP) is 6.13. The van der Waals surface area contributed by atoms with Crippen LogP contribution in [0.3, 0.4) is 0 Å². The number of amidine groups is 1. The summed E-state index contributed by atoms with van der Waals surface area (Å²) in [5.74, 6) is -0.665. The first-order valence-corrected chi connectivity index (χ1v) is 11.4. The summed E-state index contributed by atoms with van der Waals surface area (Å²) in [6.45, 7) is 3.54. The predicted molar refractivity (Wildman–Crippen MR) is 123 cm³/mol. The Balaban J connectivity index is 1.55. The Morgan fingerprint density at radius 3 is 2.36 bits per heavy atom. The molecule has 0 aliphatic carbocycles. The Morgan fingerprint density at radius 1 is 1.22 bits per heavy atom. The van der Waals surface area contributed by atoms with Crippen molar-refractivity contribution in [1.82, 2.24) is 9.88 Å². The van der Waals surface area contributed by atoms with Gasteiger partial charge in [-0.05, 0) is 24.3 Å². The molecule has 1 atom stereocenters. The van der Waals surface area contributed by atoms with E-state index in [1.54, 1.807) is 11.1 Å². The van der Waals surface area contributed by atoms with E-state index in [2.05, 4.69) is 15.1 Å². The third-order valence-corrected chi connectivity index (χ3v) is 6.63. The van der Waals surface area contributed by atoms with E-state index in [1.807, 2.05) is 13.8 Å². The van der Waals surface area contributed by atoms with Crippen LogP contribution in [0.25, 0.3) is 0 Å². The molecule has 3 heterocycles. The molecule has 1 aromatic carbocycles. The maximum atomic E-state index is 15.4. The zero-order chi connectivity index (χ0) is 26.5. The zero-order valence-electron chi connectivity index (χ0n) is 18.9. The molecule has 0 saturated carbocycles. The molecule has 2 aliphatic rings. The molecule has 1 fully saturated rings. The second-order valence-corrected chi connectivity index (χ2v) is 9.68. The van der Waals surface area contributed by atoms with Crippen LogP contribution in [0.2, 0.25) is 10.0 Å². The number of aromatic nitrogens is 1. The van der Waals surface area contributed by atoms with E-state index in [4.69, 9.17) is 33.3 Å². The number of oxime groups is 1. The first-order valence-electron chi connectivity index (χ1n) is 10.7. The van der Waals surface area contributed by atoms with Crippen molar-refractivity contribution in [2.45, 2.75) is 37.7 Å². The number of nitriles is 1. The van der Waals surface area contributed by atoms with E-state index >= 15 is 4.39 Å². The lowest BCUT2D eigenvalue weighted by atomic mass is 9.86. The van der Waals surface area contributed by atoms with Crippen LogP contribution in [0, 0.1) is 23.2 Å². The topological polar surface area (TPSA) is 73.9 Å². The molecule has 2 aromatic rings. The molecule has 0 amide bonds. The first kappa shape index (κ1) is 26.1. The lowest BCUT2D eigenvalue weighted by Crippen LogP contribution is -2.60. The molecule has 0 bridgehead atoms. The summed E-state index contributed by atoms with van der Waals surface area (Å²) in [7, 11) is 0. The van der Waals surface area contributed by atoms with Gasteiger partial charge in [0.05, 0.1) is 41.0 Å². The van der Waals surface area contributed by atoms with Crippen molar-refractivity contribution in [2.24, 2.45) is 16.1 Å². The minimum absolute atomic E-state index is 0.0641. The number of nitrogens with zero attached hydrogens (tertiary/aromatic N) is 5. The van der Waals surface area contributed by atoms with Gasteiger partial charge in [-0.1, -0.05) is 42.2 Å². The molecule has 1 unspecified atom stereocenters. The van der Waals surface area contributed by atoms with E-state index in [0.717, 1.165) is 12.1 Å². The zero-order valence-corrected chi connectivity index (χ0v) is 20.4. The largest absolute Gasteiger partial charge is 0.435 e. The number of alkyl halides is 4. The highest BCUT2D eigenvalue weighted by Crippen LogP contribution is 2.50. The quantitative estimate of drug-likeness (QED) is 0.152. The average molecular weight is 546 g/mol. The molecule has 36 heavy (non-hydrogen) atoms. The number of aliphatic imine (C=N–C) groups is 1. The van der Waals surface area contributed by atoms with E-state index in [9.17, 15) is 17.6 Å². The van der Waals surface area contributed by atoms with Gasteiger partial charge in [0.15, 0.2) is 11.5 Å². The summed E-state index contributed by atoms with van der Waals surface area (Å²) in [5.41, 5.74) is -5.07. The Kier molecular flexibility index (Phi) is 6.64. The minimum Gasteiger partial charge on any atom is -0.374 e. The standard InChI is InChI=1S/C23H18Cl2F5N5O/c1-12(2)20(33-11-31)35-9-21(27,10-35)18-4-3-13(8-32-18)17-7-22(36-34-17,23(28,29)30)14-5-15(24)19(26)16(25)6-14/h3-6,8,12H,7,9-10H2,1-2H3/b33-20+. The molecule has 6 nitrogen and oxygen atoms in total. The molecule has 2 aliphatic heterocycles. The van der Waals surface area contributed by atoms with Crippen molar-refractivity contribution < 1.29 is 26.8 Å². The highest BCUT2D eigenvalue weighted by atomic mass is 35.5. The second kappa shape index (κ2) is 9.16. The third kappa shape index (κ3) is 4.37. The second-order valence-electron chi connectivity index (χ2n) is 8.86. The maximum Gasteiger partial charge on any atom is 0.435 e. The van der Waals surface area contributed by atoms with Crippen LogP contribution in [0.1, 0.15) is 37.1 Å². The van der Waals surface area contributed by atoms with Crippen LogP contribution in [0.5, 0.6) is 0 Å². The summed E-state index contributed by atoms with van der Waals surface area (Å²) in [4.78, 5) is 14.4. The number of benzene rings is 1. The fraction of sp³-hybridized carbons (Fsp3) is 0.391.